The number of anilines is 3. The third-order valence-electron chi connectivity index (χ3n) is 2.48. The molecule has 0 atom stereocenters. The molecule has 18 heavy (non-hydrogen) atoms. The molecule has 90 valence electrons. The molecule has 1 aromatic heterocycles. The van der Waals surface area contributed by atoms with Crippen molar-refractivity contribution < 1.29 is 4.39 Å². The van der Waals surface area contributed by atoms with Gasteiger partial charge in [0.1, 0.15) is 23.3 Å². The third-order valence-corrected chi connectivity index (χ3v) is 2.48. The fourth-order valence-electron chi connectivity index (χ4n) is 1.60. The molecule has 2 rings (SSSR count). The zero-order valence-corrected chi connectivity index (χ0v) is 9.74. The van der Waals surface area contributed by atoms with E-state index in [-0.39, 0.29) is 5.56 Å². The lowest BCUT2D eigenvalue weighted by Gasteiger charge is -2.10. The standard InChI is InChI=1S/C13H11FN4/c1-8-5-9(16)7-17-13(8)18-12-4-2-3-11(14)10(12)6-15/h2-5,7H,16H2,1H3,(H,17,18). The van der Waals surface area contributed by atoms with Crippen molar-refractivity contribution in [1.82, 2.24) is 4.98 Å². The number of benzene rings is 1. The Morgan fingerprint density at radius 3 is 2.89 bits per heavy atom. The van der Waals surface area contributed by atoms with Crippen molar-refractivity contribution in [2.45, 2.75) is 6.92 Å². The van der Waals surface area contributed by atoms with Gasteiger partial charge in [-0.1, -0.05) is 6.07 Å². The number of pyridine rings is 1. The summed E-state index contributed by atoms with van der Waals surface area (Å²) < 4.78 is 13.4. The van der Waals surface area contributed by atoms with Crippen molar-refractivity contribution in [3.63, 3.8) is 0 Å². The van der Waals surface area contributed by atoms with E-state index in [0.717, 1.165) is 5.56 Å². The first-order valence-electron chi connectivity index (χ1n) is 5.29. The summed E-state index contributed by atoms with van der Waals surface area (Å²) in [6, 6.07) is 7.98. The minimum atomic E-state index is -0.560. The van der Waals surface area contributed by atoms with Crippen LogP contribution < -0.4 is 11.1 Å². The minimum Gasteiger partial charge on any atom is -0.397 e. The number of nitrogens with one attached hydrogen (secondary N) is 1. The van der Waals surface area contributed by atoms with Crippen LogP contribution in [0.1, 0.15) is 11.1 Å². The summed E-state index contributed by atoms with van der Waals surface area (Å²) in [5.41, 5.74) is 7.33. The third kappa shape index (κ3) is 2.23. The lowest BCUT2D eigenvalue weighted by atomic mass is 10.1. The second kappa shape index (κ2) is 4.72. The van der Waals surface area contributed by atoms with Gasteiger partial charge in [-0.15, -0.1) is 0 Å². The molecule has 1 heterocycles. The predicted molar refractivity (Wildman–Crippen MR) is 67.8 cm³/mol. The zero-order valence-electron chi connectivity index (χ0n) is 9.74. The highest BCUT2D eigenvalue weighted by atomic mass is 19.1. The Hall–Kier alpha value is -2.61. The number of rotatable bonds is 2. The maximum atomic E-state index is 13.4. The molecule has 0 saturated heterocycles. The Labute approximate surface area is 104 Å². The number of aryl methyl sites for hydroxylation is 1. The highest BCUT2D eigenvalue weighted by Gasteiger charge is 2.09. The molecule has 3 N–H and O–H groups in total. The van der Waals surface area contributed by atoms with E-state index in [4.69, 9.17) is 11.0 Å². The molecule has 5 heteroatoms. The van der Waals surface area contributed by atoms with Crippen molar-refractivity contribution in [2.75, 3.05) is 11.1 Å². The van der Waals surface area contributed by atoms with E-state index in [1.54, 1.807) is 12.1 Å². The smallest absolute Gasteiger partial charge is 0.143 e. The van der Waals surface area contributed by atoms with E-state index in [1.807, 2.05) is 13.0 Å². The van der Waals surface area contributed by atoms with Crippen LogP contribution in [-0.4, -0.2) is 4.98 Å². The molecule has 0 amide bonds. The van der Waals surface area contributed by atoms with Crippen LogP contribution in [0.2, 0.25) is 0 Å². The maximum absolute atomic E-state index is 13.4. The van der Waals surface area contributed by atoms with Crippen LogP contribution >= 0.6 is 0 Å². The first-order valence-corrected chi connectivity index (χ1v) is 5.29. The molecular weight excluding hydrogens is 231 g/mol. The van der Waals surface area contributed by atoms with Crippen LogP contribution in [0.25, 0.3) is 0 Å². The summed E-state index contributed by atoms with van der Waals surface area (Å²) in [6.45, 7) is 1.83. The van der Waals surface area contributed by atoms with E-state index in [9.17, 15) is 4.39 Å². The number of aromatic nitrogens is 1. The van der Waals surface area contributed by atoms with E-state index in [0.29, 0.717) is 17.2 Å². The number of hydrogen-bond donors (Lipinski definition) is 2. The molecular formula is C13H11FN4. The first kappa shape index (κ1) is 11.9. The van der Waals surface area contributed by atoms with Gasteiger partial charge in [0.2, 0.25) is 0 Å². The van der Waals surface area contributed by atoms with Crippen LogP contribution in [0.3, 0.4) is 0 Å². The summed E-state index contributed by atoms with van der Waals surface area (Å²) >= 11 is 0. The number of nitrogens with two attached hydrogens (primary N) is 1. The minimum absolute atomic E-state index is 0.0319. The Balaban J connectivity index is 2.41. The number of nitrogens with zero attached hydrogens (tertiary/aromatic N) is 2. The largest absolute Gasteiger partial charge is 0.397 e. The van der Waals surface area contributed by atoms with Gasteiger partial charge in [-0.2, -0.15) is 5.26 Å². The number of nitrogen functional groups attached to an aromatic ring is 1. The summed E-state index contributed by atoms with van der Waals surface area (Å²) in [6.07, 6.45) is 1.50. The average molecular weight is 242 g/mol. The highest BCUT2D eigenvalue weighted by Crippen LogP contribution is 2.23. The second-order valence-electron chi connectivity index (χ2n) is 3.83. The van der Waals surface area contributed by atoms with Gasteiger partial charge in [0.15, 0.2) is 0 Å². The molecule has 0 bridgehead atoms. The van der Waals surface area contributed by atoms with Gasteiger partial charge in [-0.05, 0) is 30.7 Å². The van der Waals surface area contributed by atoms with Crippen LogP contribution in [0.4, 0.5) is 21.6 Å². The van der Waals surface area contributed by atoms with Gasteiger partial charge in [0, 0.05) is 0 Å². The predicted octanol–water partition coefficient (Wildman–Crippen LogP) is 2.73. The Kier molecular flexibility index (Phi) is 3.11. The summed E-state index contributed by atoms with van der Waals surface area (Å²) in [5.74, 6) is -0.0121. The zero-order chi connectivity index (χ0) is 13.1. The van der Waals surface area contributed by atoms with Gasteiger partial charge in [0.05, 0.1) is 17.6 Å². The fraction of sp³-hybridized carbons (Fsp3) is 0.0769. The molecule has 2 aromatic rings. The number of nitriles is 1. The van der Waals surface area contributed by atoms with Crippen LogP contribution in [0, 0.1) is 24.1 Å². The molecule has 0 spiro atoms. The molecule has 1 aromatic carbocycles. The first-order chi connectivity index (χ1) is 8.61. The van der Waals surface area contributed by atoms with Crippen molar-refractivity contribution in [2.24, 2.45) is 0 Å². The molecule has 4 nitrogen and oxygen atoms in total. The van der Waals surface area contributed by atoms with Crippen molar-refractivity contribution in [1.29, 1.82) is 5.26 Å². The van der Waals surface area contributed by atoms with Gasteiger partial charge in [0.25, 0.3) is 0 Å². The Morgan fingerprint density at radius 1 is 1.44 bits per heavy atom. The summed E-state index contributed by atoms with van der Waals surface area (Å²) in [5, 5.41) is 11.9. The highest BCUT2D eigenvalue weighted by molar-refractivity contribution is 5.67. The molecule has 0 aliphatic rings. The van der Waals surface area contributed by atoms with Crippen LogP contribution in [-0.2, 0) is 0 Å². The summed E-state index contributed by atoms with van der Waals surface area (Å²) in [7, 11) is 0. The maximum Gasteiger partial charge on any atom is 0.143 e. The van der Waals surface area contributed by atoms with E-state index in [2.05, 4.69) is 10.3 Å². The molecule has 0 aliphatic carbocycles. The monoisotopic (exact) mass is 242 g/mol. The van der Waals surface area contributed by atoms with Gasteiger partial charge < -0.3 is 11.1 Å². The van der Waals surface area contributed by atoms with Crippen LogP contribution in [0.15, 0.2) is 30.5 Å². The normalized spacial score (nSPS) is 9.83. The van der Waals surface area contributed by atoms with E-state index < -0.39 is 5.82 Å². The Bertz CT molecular complexity index is 631. The molecule has 0 saturated carbocycles. The summed E-state index contributed by atoms with van der Waals surface area (Å²) in [4.78, 5) is 4.11. The quantitative estimate of drug-likeness (QED) is 0.849. The lowest BCUT2D eigenvalue weighted by molar-refractivity contribution is 0.624. The average Bonchev–Trinajstić information content (AvgIpc) is 2.33. The van der Waals surface area contributed by atoms with E-state index >= 15 is 0 Å². The van der Waals surface area contributed by atoms with E-state index in [1.165, 1.54) is 18.3 Å². The van der Waals surface area contributed by atoms with Crippen molar-refractivity contribution in [3.8, 4) is 6.07 Å². The van der Waals surface area contributed by atoms with Crippen molar-refractivity contribution >= 4 is 17.2 Å². The SMILES string of the molecule is Cc1cc(N)cnc1Nc1cccc(F)c1C#N. The lowest BCUT2D eigenvalue weighted by Crippen LogP contribution is -2.00. The van der Waals surface area contributed by atoms with Crippen LogP contribution in [0.5, 0.6) is 0 Å². The van der Waals surface area contributed by atoms with Gasteiger partial charge in [-0.25, -0.2) is 9.37 Å². The second-order valence-corrected chi connectivity index (χ2v) is 3.83. The van der Waals surface area contributed by atoms with Crippen molar-refractivity contribution in [3.05, 3.63) is 47.4 Å². The molecule has 0 unspecified atom stereocenters. The molecule has 0 aliphatic heterocycles. The number of halogens is 1. The van der Waals surface area contributed by atoms with Gasteiger partial charge >= 0.3 is 0 Å². The molecule has 0 fully saturated rings. The Morgan fingerprint density at radius 2 is 2.22 bits per heavy atom. The number of hydrogen-bond acceptors (Lipinski definition) is 4. The van der Waals surface area contributed by atoms with Gasteiger partial charge in [-0.3, -0.25) is 0 Å². The topological polar surface area (TPSA) is 74.7 Å². The molecule has 0 radical (unpaired) electrons. The fourth-order valence-corrected chi connectivity index (χ4v) is 1.60.